The molecule has 2 atom stereocenters. The lowest BCUT2D eigenvalue weighted by Gasteiger charge is -2.19. The number of carboxylic acid groups (broad SMARTS) is 1. The van der Waals surface area contributed by atoms with E-state index in [2.05, 4.69) is 0 Å². The molecule has 0 saturated carbocycles. The number of rotatable bonds is 2. The van der Waals surface area contributed by atoms with Gasteiger partial charge in [0.2, 0.25) is 5.91 Å². The third-order valence-corrected chi connectivity index (χ3v) is 2.66. The molecule has 1 saturated heterocycles. The van der Waals surface area contributed by atoms with E-state index >= 15 is 0 Å². The summed E-state index contributed by atoms with van der Waals surface area (Å²) in [6, 6.07) is -0.148. The van der Waals surface area contributed by atoms with Crippen LogP contribution in [0.4, 0.5) is 4.79 Å². The zero-order chi connectivity index (χ0) is 10.0. The predicted octanol–water partition coefficient (Wildman–Crippen LogP) is 1.70. The molecule has 1 aliphatic rings. The Morgan fingerprint density at radius 2 is 2.31 bits per heavy atom. The molecule has 13 heavy (non-hydrogen) atoms. The van der Waals surface area contributed by atoms with Gasteiger partial charge in [-0.2, -0.15) is 0 Å². The molecule has 0 aliphatic carbocycles. The van der Waals surface area contributed by atoms with Crippen LogP contribution >= 0.6 is 0 Å². The first kappa shape index (κ1) is 10.0. The van der Waals surface area contributed by atoms with Crippen molar-refractivity contribution in [3.05, 3.63) is 0 Å². The van der Waals surface area contributed by atoms with Gasteiger partial charge in [0.25, 0.3) is 0 Å². The Hall–Kier alpha value is -1.06. The molecule has 1 fully saturated rings. The van der Waals surface area contributed by atoms with Gasteiger partial charge in [0.15, 0.2) is 0 Å². The van der Waals surface area contributed by atoms with Crippen LogP contribution in [0.15, 0.2) is 0 Å². The summed E-state index contributed by atoms with van der Waals surface area (Å²) in [5.41, 5.74) is 0. The molecule has 74 valence electrons. The summed E-state index contributed by atoms with van der Waals surface area (Å²) < 4.78 is 0. The summed E-state index contributed by atoms with van der Waals surface area (Å²) in [5.74, 6) is -0.0351. The van der Waals surface area contributed by atoms with E-state index in [1.54, 1.807) is 6.92 Å². The summed E-state index contributed by atoms with van der Waals surface area (Å²) >= 11 is 0. The van der Waals surface area contributed by atoms with Crippen LogP contribution in [0.3, 0.4) is 0 Å². The fourth-order valence-corrected chi connectivity index (χ4v) is 1.93. The smallest absolute Gasteiger partial charge is 0.414 e. The Labute approximate surface area is 77.5 Å². The zero-order valence-corrected chi connectivity index (χ0v) is 7.99. The second-order valence-electron chi connectivity index (χ2n) is 3.54. The van der Waals surface area contributed by atoms with Crippen LogP contribution < -0.4 is 0 Å². The second kappa shape index (κ2) is 3.77. The van der Waals surface area contributed by atoms with Crippen molar-refractivity contribution in [1.29, 1.82) is 0 Å². The van der Waals surface area contributed by atoms with Crippen molar-refractivity contribution < 1.29 is 14.7 Å². The van der Waals surface area contributed by atoms with Crippen LogP contribution in [0.2, 0.25) is 0 Å². The van der Waals surface area contributed by atoms with Crippen LogP contribution in [-0.4, -0.2) is 28.0 Å². The maximum Gasteiger partial charge on any atom is 0.414 e. The molecular weight excluding hydrogens is 170 g/mol. The number of hydrogen-bond donors (Lipinski definition) is 1. The summed E-state index contributed by atoms with van der Waals surface area (Å²) in [6.45, 7) is 3.85. The number of hydrogen-bond acceptors (Lipinski definition) is 2. The fourth-order valence-electron chi connectivity index (χ4n) is 1.93. The first-order chi connectivity index (χ1) is 6.07. The lowest BCUT2D eigenvalue weighted by Crippen LogP contribution is -2.37. The number of carbonyl (C=O) groups excluding carboxylic acids is 1. The molecule has 1 rings (SSSR count). The summed E-state index contributed by atoms with van der Waals surface area (Å²) in [4.78, 5) is 22.9. The highest BCUT2D eigenvalue weighted by Crippen LogP contribution is 2.28. The Morgan fingerprint density at radius 3 is 2.69 bits per heavy atom. The van der Waals surface area contributed by atoms with Gasteiger partial charge in [0.05, 0.1) is 0 Å². The van der Waals surface area contributed by atoms with Gasteiger partial charge in [-0.1, -0.05) is 13.3 Å². The topological polar surface area (TPSA) is 57.6 Å². The van der Waals surface area contributed by atoms with Gasteiger partial charge in [-0.05, 0) is 19.3 Å². The van der Waals surface area contributed by atoms with Crippen molar-refractivity contribution in [2.45, 2.75) is 39.2 Å². The van der Waals surface area contributed by atoms with E-state index in [4.69, 9.17) is 5.11 Å². The lowest BCUT2D eigenvalue weighted by atomic mass is 9.96. The Bertz CT molecular complexity index is 227. The highest BCUT2D eigenvalue weighted by Gasteiger charge is 2.39. The number of imide groups is 1. The van der Waals surface area contributed by atoms with E-state index in [0.29, 0.717) is 6.42 Å². The van der Waals surface area contributed by atoms with Crippen molar-refractivity contribution in [3.63, 3.8) is 0 Å². The average Bonchev–Trinajstić information content (AvgIpc) is 2.28. The van der Waals surface area contributed by atoms with E-state index < -0.39 is 6.09 Å². The molecular formula is C9H15NO3. The number of nitrogens with zero attached hydrogens (tertiary/aromatic N) is 1. The Kier molecular flexibility index (Phi) is 2.90. The maximum atomic E-state index is 11.3. The highest BCUT2D eigenvalue weighted by molar-refractivity contribution is 5.93. The quantitative estimate of drug-likeness (QED) is 0.712. The van der Waals surface area contributed by atoms with Crippen molar-refractivity contribution in [1.82, 2.24) is 4.90 Å². The SMILES string of the molecule is CCCC1CC(=O)N(C(=O)O)C1C. The van der Waals surface area contributed by atoms with Crippen molar-refractivity contribution in [3.8, 4) is 0 Å². The van der Waals surface area contributed by atoms with Crippen LogP contribution in [0.5, 0.6) is 0 Å². The van der Waals surface area contributed by atoms with Crippen molar-refractivity contribution in [2.75, 3.05) is 0 Å². The van der Waals surface area contributed by atoms with Crippen molar-refractivity contribution >= 4 is 12.0 Å². The zero-order valence-electron chi connectivity index (χ0n) is 7.99. The third-order valence-electron chi connectivity index (χ3n) is 2.66. The second-order valence-corrected chi connectivity index (χ2v) is 3.54. The highest BCUT2D eigenvalue weighted by atomic mass is 16.4. The molecule has 1 heterocycles. The summed E-state index contributed by atoms with van der Waals surface area (Å²) in [6.07, 6.45) is 1.20. The molecule has 0 spiro atoms. The van der Waals surface area contributed by atoms with Gasteiger partial charge in [-0.15, -0.1) is 0 Å². The Balaban J connectivity index is 2.69. The van der Waals surface area contributed by atoms with Gasteiger partial charge >= 0.3 is 6.09 Å². The van der Waals surface area contributed by atoms with Crippen LogP contribution in [0.25, 0.3) is 0 Å². The minimum absolute atomic E-state index is 0.148. The molecule has 4 heteroatoms. The largest absolute Gasteiger partial charge is 0.465 e. The molecule has 0 aromatic rings. The lowest BCUT2D eigenvalue weighted by molar-refractivity contribution is -0.126. The van der Waals surface area contributed by atoms with Gasteiger partial charge in [-0.3, -0.25) is 4.79 Å². The predicted molar refractivity (Wildman–Crippen MR) is 47.3 cm³/mol. The summed E-state index contributed by atoms with van der Waals surface area (Å²) in [5, 5.41) is 8.75. The molecule has 0 aromatic carbocycles. The normalized spacial score (nSPS) is 28.2. The monoisotopic (exact) mass is 185 g/mol. The molecule has 0 aromatic heterocycles. The van der Waals surface area contributed by atoms with Gasteiger partial charge in [-0.25, -0.2) is 9.69 Å². The van der Waals surface area contributed by atoms with E-state index in [-0.39, 0.29) is 17.9 Å². The maximum absolute atomic E-state index is 11.3. The molecule has 0 bridgehead atoms. The number of carbonyl (C=O) groups is 2. The summed E-state index contributed by atoms with van der Waals surface area (Å²) in [7, 11) is 0. The average molecular weight is 185 g/mol. The van der Waals surface area contributed by atoms with E-state index in [0.717, 1.165) is 17.7 Å². The molecule has 4 nitrogen and oxygen atoms in total. The fraction of sp³-hybridized carbons (Fsp3) is 0.778. The molecule has 2 amide bonds. The molecule has 2 unspecified atom stereocenters. The van der Waals surface area contributed by atoms with E-state index in [1.165, 1.54) is 0 Å². The number of amides is 2. The van der Waals surface area contributed by atoms with Crippen LogP contribution in [0.1, 0.15) is 33.1 Å². The Morgan fingerprint density at radius 1 is 1.69 bits per heavy atom. The van der Waals surface area contributed by atoms with E-state index in [1.807, 2.05) is 6.92 Å². The number of likely N-dealkylation sites (tertiary alicyclic amines) is 1. The van der Waals surface area contributed by atoms with Crippen LogP contribution in [-0.2, 0) is 4.79 Å². The minimum atomic E-state index is -1.11. The van der Waals surface area contributed by atoms with Crippen molar-refractivity contribution in [2.24, 2.45) is 5.92 Å². The van der Waals surface area contributed by atoms with E-state index in [9.17, 15) is 9.59 Å². The van der Waals surface area contributed by atoms with Gasteiger partial charge in [0.1, 0.15) is 0 Å². The first-order valence-electron chi connectivity index (χ1n) is 4.63. The molecule has 0 radical (unpaired) electrons. The third kappa shape index (κ3) is 1.82. The van der Waals surface area contributed by atoms with Gasteiger partial charge in [0, 0.05) is 12.5 Å². The standard InChI is InChI=1S/C9H15NO3/c1-3-4-7-5-8(11)10(6(7)2)9(12)13/h6-7H,3-5H2,1-2H3,(H,12,13). The molecule has 1 aliphatic heterocycles. The molecule has 1 N–H and O–H groups in total. The first-order valence-corrected chi connectivity index (χ1v) is 4.63. The minimum Gasteiger partial charge on any atom is -0.465 e. The van der Waals surface area contributed by atoms with Crippen LogP contribution in [0, 0.1) is 5.92 Å². The van der Waals surface area contributed by atoms with Gasteiger partial charge < -0.3 is 5.11 Å².